The van der Waals surface area contributed by atoms with Gasteiger partial charge in [-0.15, -0.1) is 0 Å². The monoisotopic (exact) mass is 357 g/mol. The van der Waals surface area contributed by atoms with Crippen molar-refractivity contribution in [2.24, 2.45) is 5.92 Å². The highest BCUT2D eigenvalue weighted by Gasteiger charge is 2.38. The van der Waals surface area contributed by atoms with Gasteiger partial charge in [-0.25, -0.2) is 4.39 Å². The maximum Gasteiger partial charge on any atom is 0.257 e. The first-order chi connectivity index (χ1) is 12.5. The number of hydrogen-bond acceptors (Lipinski definition) is 4. The average Bonchev–Trinajstić information content (AvgIpc) is 2.94. The van der Waals surface area contributed by atoms with Crippen LogP contribution in [0.4, 0.5) is 4.39 Å². The van der Waals surface area contributed by atoms with Crippen molar-refractivity contribution < 1.29 is 18.7 Å². The second-order valence-electron chi connectivity index (χ2n) is 6.24. The summed E-state index contributed by atoms with van der Waals surface area (Å²) in [4.78, 5) is 29.8. The normalized spacial score (nSPS) is 19.5. The summed E-state index contributed by atoms with van der Waals surface area (Å²) in [7, 11) is 1.77. The van der Waals surface area contributed by atoms with E-state index in [0.29, 0.717) is 18.7 Å². The van der Waals surface area contributed by atoms with Gasteiger partial charge in [0.2, 0.25) is 5.91 Å². The number of pyridine rings is 1. The molecule has 26 heavy (non-hydrogen) atoms. The average molecular weight is 357 g/mol. The summed E-state index contributed by atoms with van der Waals surface area (Å²) in [5.41, 5.74) is 0.996. The van der Waals surface area contributed by atoms with E-state index < -0.39 is 0 Å². The fourth-order valence-corrected chi connectivity index (χ4v) is 3.17. The summed E-state index contributed by atoms with van der Waals surface area (Å²) in [5, 5.41) is 2.81. The van der Waals surface area contributed by atoms with Crippen LogP contribution in [0.5, 0.6) is 5.75 Å². The number of amides is 2. The predicted molar refractivity (Wildman–Crippen MR) is 92.8 cm³/mol. The van der Waals surface area contributed by atoms with Crippen LogP contribution in [0, 0.1) is 11.7 Å². The molecule has 1 aromatic carbocycles. The van der Waals surface area contributed by atoms with Gasteiger partial charge < -0.3 is 15.0 Å². The van der Waals surface area contributed by atoms with E-state index in [1.54, 1.807) is 24.3 Å². The number of aromatic nitrogens is 1. The molecule has 136 valence electrons. The summed E-state index contributed by atoms with van der Waals surface area (Å²) in [6.45, 7) is 0.205. The molecule has 0 bridgehead atoms. The molecule has 1 aromatic heterocycles. The Morgan fingerprint density at radius 2 is 1.96 bits per heavy atom. The topological polar surface area (TPSA) is 71.5 Å². The molecule has 7 heteroatoms. The van der Waals surface area contributed by atoms with Gasteiger partial charge in [0, 0.05) is 38.3 Å². The first-order valence-electron chi connectivity index (χ1n) is 8.35. The largest absolute Gasteiger partial charge is 0.484 e. The summed E-state index contributed by atoms with van der Waals surface area (Å²) < 4.78 is 18.2. The first-order valence-corrected chi connectivity index (χ1v) is 8.35. The Kier molecular flexibility index (Phi) is 5.46. The molecule has 0 aliphatic carbocycles. The number of likely N-dealkylation sites (tertiary alicyclic amines) is 1. The van der Waals surface area contributed by atoms with E-state index in [4.69, 9.17) is 4.74 Å². The molecule has 0 radical (unpaired) electrons. The Labute approximate surface area is 151 Å². The number of nitrogens with zero attached hydrogens (tertiary/aromatic N) is 2. The number of carbonyl (C=O) groups is 2. The van der Waals surface area contributed by atoms with Gasteiger partial charge in [0.15, 0.2) is 6.61 Å². The molecule has 2 aromatic rings. The molecule has 1 N–H and O–H groups in total. The highest BCUT2D eigenvalue weighted by atomic mass is 19.1. The van der Waals surface area contributed by atoms with Gasteiger partial charge in [-0.2, -0.15) is 0 Å². The number of carbonyl (C=O) groups excluding carboxylic acids is 2. The fraction of sp³-hybridized carbons (Fsp3) is 0.316. The van der Waals surface area contributed by atoms with Crippen molar-refractivity contribution in [3.63, 3.8) is 0 Å². The van der Waals surface area contributed by atoms with Crippen molar-refractivity contribution in [2.75, 3.05) is 20.2 Å². The number of halogens is 1. The Morgan fingerprint density at radius 1 is 1.27 bits per heavy atom. The quantitative estimate of drug-likeness (QED) is 0.858. The van der Waals surface area contributed by atoms with Crippen molar-refractivity contribution in [2.45, 2.75) is 12.5 Å². The third-order valence-electron chi connectivity index (χ3n) is 4.49. The van der Waals surface area contributed by atoms with Crippen LogP contribution in [-0.4, -0.2) is 41.9 Å². The third kappa shape index (κ3) is 4.17. The van der Waals surface area contributed by atoms with E-state index in [-0.39, 0.29) is 36.2 Å². The number of benzene rings is 1. The molecule has 2 atom stereocenters. The van der Waals surface area contributed by atoms with Crippen molar-refractivity contribution in [3.8, 4) is 5.75 Å². The van der Waals surface area contributed by atoms with Crippen molar-refractivity contribution in [1.82, 2.24) is 15.2 Å². The molecule has 2 amide bonds. The highest BCUT2D eigenvalue weighted by Crippen LogP contribution is 2.36. The Morgan fingerprint density at radius 3 is 2.65 bits per heavy atom. The lowest BCUT2D eigenvalue weighted by Crippen LogP contribution is -2.35. The van der Waals surface area contributed by atoms with Gasteiger partial charge in [-0.05, 0) is 42.0 Å². The molecule has 1 saturated heterocycles. The van der Waals surface area contributed by atoms with E-state index in [0.717, 1.165) is 5.56 Å². The summed E-state index contributed by atoms with van der Waals surface area (Å²) in [6.07, 6.45) is 3.76. The molecule has 3 rings (SSSR count). The summed E-state index contributed by atoms with van der Waals surface area (Å²) >= 11 is 0. The van der Waals surface area contributed by atoms with Gasteiger partial charge in [-0.3, -0.25) is 14.6 Å². The van der Waals surface area contributed by atoms with Crippen LogP contribution in [-0.2, 0) is 9.59 Å². The van der Waals surface area contributed by atoms with Crippen LogP contribution in [0.25, 0.3) is 0 Å². The van der Waals surface area contributed by atoms with Crippen LogP contribution >= 0.6 is 0 Å². The van der Waals surface area contributed by atoms with Crippen molar-refractivity contribution in [3.05, 3.63) is 60.2 Å². The lowest BCUT2D eigenvalue weighted by molar-refractivity contribution is -0.127. The van der Waals surface area contributed by atoms with Crippen LogP contribution in [0.3, 0.4) is 0 Å². The highest BCUT2D eigenvalue weighted by molar-refractivity contribution is 5.80. The molecule has 1 fully saturated rings. The minimum atomic E-state index is -0.362. The molecular weight excluding hydrogens is 337 g/mol. The lowest BCUT2D eigenvalue weighted by atomic mass is 9.94. The summed E-state index contributed by atoms with van der Waals surface area (Å²) in [5.74, 6) is -0.200. The second kappa shape index (κ2) is 7.95. The zero-order valence-corrected chi connectivity index (χ0v) is 14.4. The van der Waals surface area contributed by atoms with Gasteiger partial charge in [0.05, 0.1) is 6.04 Å². The first kappa shape index (κ1) is 17.8. The fourth-order valence-electron chi connectivity index (χ4n) is 3.17. The molecule has 6 nitrogen and oxygen atoms in total. The van der Waals surface area contributed by atoms with Crippen molar-refractivity contribution in [1.29, 1.82) is 0 Å². The Balaban J connectivity index is 1.54. The zero-order valence-electron chi connectivity index (χ0n) is 14.4. The maximum absolute atomic E-state index is 12.8. The van der Waals surface area contributed by atoms with E-state index in [2.05, 4.69) is 10.3 Å². The van der Waals surface area contributed by atoms with Gasteiger partial charge in [-0.1, -0.05) is 0 Å². The van der Waals surface area contributed by atoms with Crippen LogP contribution < -0.4 is 10.1 Å². The minimum absolute atomic E-state index is 0.0235. The molecule has 1 aliphatic heterocycles. The smallest absolute Gasteiger partial charge is 0.257 e. The SMILES string of the molecule is CN1C(=O)C[C@@H](CNC(=O)COc2ccc(F)cc2)[C@@H]1c1ccncc1. The number of nitrogens with one attached hydrogen (secondary N) is 1. The standard InChI is InChI=1S/C19H20FN3O3/c1-23-18(25)10-14(19(23)13-6-8-21-9-7-13)11-22-17(24)12-26-16-4-2-15(20)3-5-16/h2-9,14,19H,10-12H2,1H3,(H,22,24)/t14-,19-/m0/s1. The van der Waals surface area contributed by atoms with Crippen LogP contribution in [0.15, 0.2) is 48.8 Å². The third-order valence-corrected chi connectivity index (χ3v) is 4.49. The van der Waals surface area contributed by atoms with E-state index in [9.17, 15) is 14.0 Å². The second-order valence-corrected chi connectivity index (χ2v) is 6.24. The number of hydrogen-bond donors (Lipinski definition) is 1. The maximum atomic E-state index is 12.8. The zero-order chi connectivity index (χ0) is 18.5. The van der Waals surface area contributed by atoms with Gasteiger partial charge in [0.25, 0.3) is 5.91 Å². The molecule has 2 heterocycles. The number of rotatable bonds is 6. The van der Waals surface area contributed by atoms with E-state index >= 15 is 0 Å². The summed E-state index contributed by atoms with van der Waals surface area (Å²) in [6, 6.07) is 9.14. The molecule has 0 spiro atoms. The Hall–Kier alpha value is -2.96. The van der Waals surface area contributed by atoms with E-state index in [1.165, 1.54) is 24.3 Å². The van der Waals surface area contributed by atoms with Crippen LogP contribution in [0.1, 0.15) is 18.0 Å². The van der Waals surface area contributed by atoms with Crippen LogP contribution in [0.2, 0.25) is 0 Å². The van der Waals surface area contributed by atoms with Gasteiger partial charge >= 0.3 is 0 Å². The Bertz CT molecular complexity index is 767. The van der Waals surface area contributed by atoms with E-state index in [1.807, 2.05) is 12.1 Å². The minimum Gasteiger partial charge on any atom is -0.484 e. The van der Waals surface area contributed by atoms with Crippen molar-refractivity contribution >= 4 is 11.8 Å². The predicted octanol–water partition coefficient (Wildman–Crippen LogP) is 1.94. The van der Waals surface area contributed by atoms with Gasteiger partial charge in [0.1, 0.15) is 11.6 Å². The number of ether oxygens (including phenoxy) is 1. The molecule has 1 aliphatic rings. The molecule has 0 saturated carbocycles. The lowest BCUT2D eigenvalue weighted by Gasteiger charge is -2.25. The molecule has 0 unspecified atom stereocenters. The molecular formula is C19H20FN3O3.